The van der Waals surface area contributed by atoms with Crippen LogP contribution in [-0.2, 0) is 15.6 Å². The summed E-state index contributed by atoms with van der Waals surface area (Å²) in [5, 5.41) is 10.9. The van der Waals surface area contributed by atoms with E-state index in [2.05, 4.69) is 46.4 Å². The van der Waals surface area contributed by atoms with E-state index in [0.717, 1.165) is 34.7 Å². The number of thioether (sulfide) groups is 1. The van der Waals surface area contributed by atoms with Crippen LogP contribution in [0.3, 0.4) is 0 Å². The average molecular weight is 391 g/mol. The van der Waals surface area contributed by atoms with E-state index < -0.39 is 0 Å². The highest BCUT2D eigenvalue weighted by atomic mass is 32.2. The molecule has 0 radical (unpaired) electrons. The zero-order valence-corrected chi connectivity index (χ0v) is 18.8. The lowest BCUT2D eigenvalue weighted by molar-refractivity contribution is -0.124. The van der Waals surface area contributed by atoms with Gasteiger partial charge in [-0.25, -0.2) is 0 Å². The van der Waals surface area contributed by atoms with Crippen molar-refractivity contribution in [3.63, 3.8) is 0 Å². The summed E-state index contributed by atoms with van der Waals surface area (Å²) in [7, 11) is 4.03. The fraction of sp³-hybridized carbons (Fsp3) is 0.591. The van der Waals surface area contributed by atoms with Crippen LogP contribution < -0.4 is 0 Å². The minimum Gasteiger partial charge on any atom is -0.507 e. The van der Waals surface area contributed by atoms with E-state index in [4.69, 9.17) is 0 Å². The maximum absolute atomic E-state index is 12.7. The van der Waals surface area contributed by atoms with Crippen LogP contribution in [0.25, 0.3) is 6.08 Å². The number of carbonyl (C=O) groups is 1. The molecule has 1 aliphatic rings. The Morgan fingerprint density at radius 3 is 2.07 bits per heavy atom. The van der Waals surface area contributed by atoms with Crippen LogP contribution in [0, 0.1) is 0 Å². The van der Waals surface area contributed by atoms with Gasteiger partial charge in [0, 0.05) is 24.2 Å². The van der Waals surface area contributed by atoms with Crippen LogP contribution >= 0.6 is 11.8 Å². The van der Waals surface area contributed by atoms with Crippen molar-refractivity contribution >= 4 is 23.7 Å². The molecule has 4 nitrogen and oxygen atoms in total. The fourth-order valence-electron chi connectivity index (χ4n) is 3.05. The van der Waals surface area contributed by atoms with E-state index in [9.17, 15) is 9.90 Å². The highest BCUT2D eigenvalue weighted by Crippen LogP contribution is 2.41. The van der Waals surface area contributed by atoms with Gasteiger partial charge in [0.25, 0.3) is 5.91 Å². The number of aromatic hydroxyl groups is 1. The van der Waals surface area contributed by atoms with Crippen LogP contribution in [0.5, 0.6) is 5.75 Å². The third kappa shape index (κ3) is 5.29. The summed E-state index contributed by atoms with van der Waals surface area (Å²) in [4.78, 5) is 17.5. The highest BCUT2D eigenvalue weighted by Gasteiger charge is 2.29. The topological polar surface area (TPSA) is 43.8 Å². The second kappa shape index (κ2) is 7.88. The fourth-order valence-corrected chi connectivity index (χ4v) is 4.06. The van der Waals surface area contributed by atoms with Crippen LogP contribution in [-0.4, -0.2) is 53.9 Å². The quantitative estimate of drug-likeness (QED) is 0.773. The van der Waals surface area contributed by atoms with E-state index in [1.807, 2.05) is 37.2 Å². The molecule has 0 aliphatic carbocycles. The molecule has 1 aliphatic heterocycles. The maximum Gasteiger partial charge on any atom is 0.261 e. The predicted molar refractivity (Wildman–Crippen MR) is 116 cm³/mol. The summed E-state index contributed by atoms with van der Waals surface area (Å²) in [6.45, 7) is 14.2. The Morgan fingerprint density at radius 1 is 1.11 bits per heavy atom. The van der Waals surface area contributed by atoms with E-state index in [0.29, 0.717) is 11.6 Å². The zero-order valence-electron chi connectivity index (χ0n) is 18.0. The minimum absolute atomic E-state index is 0.101. The highest BCUT2D eigenvalue weighted by molar-refractivity contribution is 8.04. The number of rotatable bonds is 4. The molecular formula is C22H34N2O2S. The summed E-state index contributed by atoms with van der Waals surface area (Å²) in [5.41, 5.74) is 2.46. The van der Waals surface area contributed by atoms with E-state index in [1.165, 1.54) is 0 Å². The van der Waals surface area contributed by atoms with Gasteiger partial charge in [0.2, 0.25) is 0 Å². The lowest BCUT2D eigenvalue weighted by Crippen LogP contribution is -2.32. The number of nitrogens with zero attached hydrogens (tertiary/aromatic N) is 2. The normalized spacial score (nSPS) is 17.4. The third-order valence-corrected chi connectivity index (χ3v) is 5.78. The number of likely N-dealkylation sites (N-methyl/N-ethyl adjacent to an activating group) is 1. The van der Waals surface area contributed by atoms with Crippen molar-refractivity contribution in [1.82, 2.24) is 9.80 Å². The molecule has 1 amide bonds. The molecule has 27 heavy (non-hydrogen) atoms. The maximum atomic E-state index is 12.7. The van der Waals surface area contributed by atoms with Crippen LogP contribution in [0.15, 0.2) is 17.0 Å². The summed E-state index contributed by atoms with van der Waals surface area (Å²) in [6, 6.07) is 4.04. The van der Waals surface area contributed by atoms with Crippen molar-refractivity contribution in [3.05, 3.63) is 33.7 Å². The monoisotopic (exact) mass is 390 g/mol. The number of benzene rings is 1. The van der Waals surface area contributed by atoms with Crippen molar-refractivity contribution in [1.29, 1.82) is 0 Å². The first-order valence-corrected chi connectivity index (χ1v) is 10.5. The number of phenolic OH excluding ortho intramolecular Hbond substituents is 1. The van der Waals surface area contributed by atoms with E-state index in [1.54, 1.807) is 11.8 Å². The molecule has 1 aromatic rings. The van der Waals surface area contributed by atoms with Gasteiger partial charge in [0.15, 0.2) is 0 Å². The van der Waals surface area contributed by atoms with Gasteiger partial charge in [0.05, 0.1) is 10.8 Å². The van der Waals surface area contributed by atoms with Crippen molar-refractivity contribution in [3.8, 4) is 5.75 Å². The molecule has 2 rings (SSSR count). The van der Waals surface area contributed by atoms with Gasteiger partial charge in [-0.15, -0.1) is 0 Å². The largest absolute Gasteiger partial charge is 0.507 e. The second-order valence-corrected chi connectivity index (χ2v) is 10.6. The molecule has 0 saturated carbocycles. The van der Waals surface area contributed by atoms with Gasteiger partial charge in [-0.1, -0.05) is 53.3 Å². The van der Waals surface area contributed by atoms with Crippen LogP contribution in [0.1, 0.15) is 58.2 Å². The standard InChI is InChI=1S/C22H34N2O2S/c1-21(2,3)16-11-15(12-17(19(16)25)22(4,5)6)13-18-20(26)24(14-27-18)10-9-23(7)8/h11-13,25H,9-10,14H2,1-8H3/b18-13-. The number of phenols is 1. The summed E-state index contributed by atoms with van der Waals surface area (Å²) in [5.74, 6) is 1.18. The first kappa shape index (κ1) is 21.8. The molecule has 1 N–H and O–H groups in total. The number of amides is 1. The zero-order chi connectivity index (χ0) is 20.6. The van der Waals surface area contributed by atoms with E-state index >= 15 is 0 Å². The average Bonchev–Trinajstić information content (AvgIpc) is 2.85. The van der Waals surface area contributed by atoms with Gasteiger partial charge < -0.3 is 14.9 Å². The lowest BCUT2D eigenvalue weighted by atomic mass is 9.78. The minimum atomic E-state index is -0.177. The Balaban J connectivity index is 2.41. The first-order valence-electron chi connectivity index (χ1n) is 9.47. The van der Waals surface area contributed by atoms with E-state index in [-0.39, 0.29) is 16.7 Å². The van der Waals surface area contributed by atoms with Crippen LogP contribution in [0.2, 0.25) is 0 Å². The molecule has 0 aromatic heterocycles. The number of hydrogen-bond donors (Lipinski definition) is 1. The molecule has 0 unspecified atom stereocenters. The summed E-state index contributed by atoms with van der Waals surface area (Å²) in [6.07, 6.45) is 1.98. The number of carbonyl (C=O) groups excluding carboxylic acids is 1. The predicted octanol–water partition coefficient (Wildman–Crippen LogP) is 4.42. The Morgan fingerprint density at radius 2 is 1.63 bits per heavy atom. The van der Waals surface area contributed by atoms with Crippen molar-refractivity contribution in [2.45, 2.75) is 52.4 Å². The van der Waals surface area contributed by atoms with Gasteiger partial charge in [-0.05, 0) is 48.7 Å². The van der Waals surface area contributed by atoms with Crippen molar-refractivity contribution < 1.29 is 9.90 Å². The molecule has 1 fully saturated rings. The molecular weight excluding hydrogens is 356 g/mol. The molecule has 5 heteroatoms. The lowest BCUT2D eigenvalue weighted by Gasteiger charge is -2.28. The first-order chi connectivity index (χ1) is 12.3. The van der Waals surface area contributed by atoms with Crippen LogP contribution in [0.4, 0.5) is 0 Å². The summed E-state index contributed by atoms with van der Waals surface area (Å²) < 4.78 is 0. The third-order valence-electron chi connectivity index (χ3n) is 4.74. The molecule has 0 atom stereocenters. The molecule has 0 spiro atoms. The van der Waals surface area contributed by atoms with Gasteiger partial charge in [-0.2, -0.15) is 0 Å². The molecule has 0 bridgehead atoms. The van der Waals surface area contributed by atoms with Gasteiger partial charge in [0.1, 0.15) is 5.75 Å². The Labute approximate surface area is 168 Å². The van der Waals surface area contributed by atoms with Gasteiger partial charge in [-0.3, -0.25) is 4.79 Å². The number of hydrogen-bond acceptors (Lipinski definition) is 4. The molecule has 1 heterocycles. The van der Waals surface area contributed by atoms with Crippen molar-refractivity contribution in [2.75, 3.05) is 33.1 Å². The Kier molecular flexibility index (Phi) is 6.37. The molecule has 150 valence electrons. The smallest absolute Gasteiger partial charge is 0.261 e. The molecule has 1 aromatic carbocycles. The Hall–Kier alpha value is -1.46. The SMILES string of the molecule is CN(C)CCN1CS/C(=C\c2cc(C(C)(C)C)c(O)c(C(C)(C)C)c2)C1=O. The second-order valence-electron chi connectivity index (χ2n) is 9.62. The van der Waals surface area contributed by atoms with Gasteiger partial charge >= 0.3 is 0 Å². The Bertz CT molecular complexity index is 705. The van der Waals surface area contributed by atoms with Crippen molar-refractivity contribution in [2.24, 2.45) is 0 Å². The molecule has 1 saturated heterocycles. The summed E-state index contributed by atoms with van der Waals surface area (Å²) >= 11 is 1.59.